The molecule has 0 radical (unpaired) electrons. The van der Waals surface area contributed by atoms with Crippen molar-refractivity contribution in [2.24, 2.45) is 4.99 Å². The average molecular weight is 736 g/mol. The lowest BCUT2D eigenvalue weighted by Crippen LogP contribution is -2.19. The minimum atomic E-state index is 0.812. The molecule has 7 aromatic carbocycles. The Morgan fingerprint density at radius 2 is 1.19 bits per heavy atom. The normalized spacial score (nSPS) is 11.7. The van der Waals surface area contributed by atoms with Crippen LogP contribution in [0.15, 0.2) is 212 Å². The van der Waals surface area contributed by atoms with E-state index in [0.29, 0.717) is 0 Å². The molecule has 5 heteroatoms. The number of para-hydroxylation sites is 2. The van der Waals surface area contributed by atoms with Crippen molar-refractivity contribution in [1.29, 1.82) is 0 Å². The number of hydrogen-bond acceptors (Lipinski definition) is 3. The van der Waals surface area contributed by atoms with Gasteiger partial charge in [-0.25, -0.2) is 4.99 Å². The molecule has 57 heavy (non-hydrogen) atoms. The quantitative estimate of drug-likeness (QED) is 0.119. The van der Waals surface area contributed by atoms with Crippen LogP contribution in [0.3, 0.4) is 0 Å². The van der Waals surface area contributed by atoms with E-state index in [9.17, 15) is 0 Å². The van der Waals surface area contributed by atoms with E-state index in [-0.39, 0.29) is 0 Å². The van der Waals surface area contributed by atoms with Gasteiger partial charge in [0.05, 0.1) is 16.7 Å². The topological polar surface area (TPSA) is 45.5 Å². The number of allylic oxidation sites excluding steroid dienone is 1. The average Bonchev–Trinajstić information content (AvgIpc) is 3.63. The van der Waals surface area contributed by atoms with Gasteiger partial charge in [-0.1, -0.05) is 103 Å². The van der Waals surface area contributed by atoms with Crippen molar-refractivity contribution in [3.63, 3.8) is 0 Å². The number of fused-ring (bicyclic) bond motifs is 3. The van der Waals surface area contributed by atoms with Crippen molar-refractivity contribution in [2.75, 3.05) is 11.9 Å². The minimum Gasteiger partial charge on any atom is -0.373 e. The third-order valence-electron chi connectivity index (χ3n) is 10.4. The molecule has 5 nitrogen and oxygen atoms in total. The highest BCUT2D eigenvalue weighted by atomic mass is 15.1. The van der Waals surface area contributed by atoms with Gasteiger partial charge >= 0.3 is 0 Å². The van der Waals surface area contributed by atoms with E-state index in [1.54, 1.807) is 6.20 Å². The van der Waals surface area contributed by atoms with Gasteiger partial charge in [0.2, 0.25) is 0 Å². The molecule has 0 amide bonds. The standard InChI is InChI=1S/C52H41N5/c1-3-33-55-52(53-2)40-25-31-45(32-26-40)56(44-29-23-39(24-30-44)49-19-12-13-34-54-49)43-27-21-38(22-28-43)47-35-41(37-14-6-4-7-15-37)36-48-46-18-10-11-20-50(46)57(51(47)48)42-16-8-5-9-17-42/h3-36H,1-2H3,(H,53,55)/b33-3-. The summed E-state index contributed by atoms with van der Waals surface area (Å²) in [6.07, 6.45) is 5.57. The fourth-order valence-corrected chi connectivity index (χ4v) is 7.71. The summed E-state index contributed by atoms with van der Waals surface area (Å²) in [5.41, 5.74) is 14.4. The molecule has 0 aliphatic heterocycles. The van der Waals surface area contributed by atoms with Crippen LogP contribution in [0.1, 0.15) is 12.5 Å². The zero-order chi connectivity index (χ0) is 38.6. The van der Waals surface area contributed by atoms with Crippen LogP contribution in [0.5, 0.6) is 0 Å². The van der Waals surface area contributed by atoms with Crippen LogP contribution < -0.4 is 10.2 Å². The van der Waals surface area contributed by atoms with Gasteiger partial charge < -0.3 is 14.8 Å². The van der Waals surface area contributed by atoms with E-state index in [1.165, 1.54) is 38.5 Å². The maximum atomic E-state index is 4.59. The highest BCUT2D eigenvalue weighted by molar-refractivity contribution is 6.15. The lowest BCUT2D eigenvalue weighted by molar-refractivity contribution is 1.16. The van der Waals surface area contributed by atoms with Crippen LogP contribution in [0.25, 0.3) is 61.0 Å². The first kappa shape index (κ1) is 35.2. The molecule has 0 spiro atoms. The zero-order valence-electron chi connectivity index (χ0n) is 31.9. The Labute approximate surface area is 333 Å². The molecular weight excluding hydrogens is 695 g/mol. The summed E-state index contributed by atoms with van der Waals surface area (Å²) in [6, 6.07) is 67.0. The second kappa shape index (κ2) is 15.7. The number of pyridine rings is 1. The third-order valence-corrected chi connectivity index (χ3v) is 10.4. The summed E-state index contributed by atoms with van der Waals surface area (Å²) in [6.45, 7) is 1.97. The summed E-state index contributed by atoms with van der Waals surface area (Å²) < 4.78 is 2.42. The van der Waals surface area contributed by atoms with Crippen molar-refractivity contribution in [3.05, 3.63) is 212 Å². The van der Waals surface area contributed by atoms with Crippen molar-refractivity contribution in [3.8, 4) is 39.2 Å². The number of anilines is 3. The van der Waals surface area contributed by atoms with Gasteiger partial charge in [-0.15, -0.1) is 0 Å². The van der Waals surface area contributed by atoms with Crippen LogP contribution >= 0.6 is 0 Å². The monoisotopic (exact) mass is 735 g/mol. The number of hydrogen-bond donors (Lipinski definition) is 1. The second-order valence-electron chi connectivity index (χ2n) is 13.9. The molecule has 2 aromatic heterocycles. The molecule has 9 rings (SSSR count). The molecule has 0 saturated heterocycles. The molecule has 0 bridgehead atoms. The van der Waals surface area contributed by atoms with E-state index >= 15 is 0 Å². The van der Waals surface area contributed by atoms with Crippen LogP contribution in [0.2, 0.25) is 0 Å². The maximum absolute atomic E-state index is 4.59. The molecular formula is C52H41N5. The Balaban J connectivity index is 1.20. The Hall–Kier alpha value is -7.50. The van der Waals surface area contributed by atoms with Crippen LogP contribution in [0, 0.1) is 0 Å². The number of aliphatic imine (C=N–C) groups is 1. The number of nitrogens with zero attached hydrogens (tertiary/aromatic N) is 4. The van der Waals surface area contributed by atoms with Crippen molar-refractivity contribution >= 4 is 44.7 Å². The molecule has 0 aliphatic rings. The van der Waals surface area contributed by atoms with Crippen LogP contribution in [0.4, 0.5) is 17.1 Å². The lowest BCUT2D eigenvalue weighted by Gasteiger charge is -2.26. The van der Waals surface area contributed by atoms with Gasteiger partial charge in [0.25, 0.3) is 0 Å². The van der Waals surface area contributed by atoms with Crippen molar-refractivity contribution < 1.29 is 0 Å². The molecule has 0 aliphatic carbocycles. The highest BCUT2D eigenvalue weighted by Gasteiger charge is 2.20. The largest absolute Gasteiger partial charge is 0.373 e. The van der Waals surface area contributed by atoms with Crippen molar-refractivity contribution in [2.45, 2.75) is 6.92 Å². The molecule has 9 aromatic rings. The lowest BCUT2D eigenvalue weighted by atomic mass is 9.95. The van der Waals surface area contributed by atoms with Crippen LogP contribution in [-0.2, 0) is 0 Å². The number of rotatable bonds is 9. The minimum absolute atomic E-state index is 0.812. The Morgan fingerprint density at radius 3 is 1.84 bits per heavy atom. The number of aromatic nitrogens is 2. The summed E-state index contributed by atoms with van der Waals surface area (Å²) in [5.74, 6) is 0.812. The first-order valence-electron chi connectivity index (χ1n) is 19.3. The molecule has 0 unspecified atom stereocenters. The number of nitrogens with one attached hydrogen (secondary N) is 1. The second-order valence-corrected chi connectivity index (χ2v) is 13.9. The van der Waals surface area contributed by atoms with Gasteiger partial charge in [0.1, 0.15) is 5.84 Å². The molecule has 0 saturated carbocycles. The first-order valence-corrected chi connectivity index (χ1v) is 19.3. The SMILES string of the molecule is C/C=C\N=C(NC)c1ccc(N(c2ccc(-c3ccccn3)cc2)c2ccc(-c3cc(-c4ccccc4)cc4c5ccccc5n(-c5ccccc5)c34)cc2)cc1. The van der Waals surface area contributed by atoms with E-state index in [2.05, 4.69) is 195 Å². The van der Waals surface area contributed by atoms with Gasteiger partial charge in [0.15, 0.2) is 0 Å². The summed E-state index contributed by atoms with van der Waals surface area (Å²) in [4.78, 5) is 11.5. The van der Waals surface area contributed by atoms with Crippen LogP contribution in [-0.4, -0.2) is 22.4 Å². The van der Waals surface area contributed by atoms with E-state index in [1.807, 2.05) is 44.4 Å². The van der Waals surface area contributed by atoms with Gasteiger partial charge in [-0.2, -0.15) is 0 Å². The Bertz CT molecular complexity index is 2840. The Kier molecular flexibility index (Phi) is 9.70. The maximum Gasteiger partial charge on any atom is 0.132 e. The fraction of sp³-hybridized carbons (Fsp3) is 0.0385. The smallest absolute Gasteiger partial charge is 0.132 e. The van der Waals surface area contributed by atoms with E-state index in [0.717, 1.165) is 51.0 Å². The summed E-state index contributed by atoms with van der Waals surface area (Å²) >= 11 is 0. The summed E-state index contributed by atoms with van der Waals surface area (Å²) in [7, 11) is 1.90. The predicted molar refractivity (Wildman–Crippen MR) is 240 cm³/mol. The van der Waals surface area contributed by atoms with Gasteiger partial charge in [0, 0.05) is 69.7 Å². The third kappa shape index (κ3) is 6.88. The van der Waals surface area contributed by atoms with E-state index < -0.39 is 0 Å². The molecule has 0 fully saturated rings. The molecule has 1 N–H and O–H groups in total. The summed E-state index contributed by atoms with van der Waals surface area (Å²) in [5, 5.41) is 5.69. The highest BCUT2D eigenvalue weighted by Crippen LogP contribution is 2.43. The number of amidine groups is 1. The zero-order valence-corrected chi connectivity index (χ0v) is 31.9. The predicted octanol–water partition coefficient (Wildman–Crippen LogP) is 13.1. The fourth-order valence-electron chi connectivity index (χ4n) is 7.71. The van der Waals surface area contributed by atoms with Crippen molar-refractivity contribution in [1.82, 2.24) is 14.9 Å². The molecule has 274 valence electrons. The van der Waals surface area contributed by atoms with E-state index in [4.69, 9.17) is 0 Å². The Morgan fingerprint density at radius 1 is 0.579 bits per heavy atom. The molecule has 2 heterocycles. The van der Waals surface area contributed by atoms with Gasteiger partial charge in [-0.05, 0) is 115 Å². The first-order chi connectivity index (χ1) is 28.2. The number of benzene rings is 7. The van der Waals surface area contributed by atoms with Gasteiger partial charge in [-0.3, -0.25) is 4.98 Å². The molecule has 0 atom stereocenters.